The molecule has 0 fully saturated rings. The summed E-state index contributed by atoms with van der Waals surface area (Å²) in [5, 5.41) is 2.70. The van der Waals surface area contributed by atoms with E-state index in [9.17, 15) is 0 Å². The van der Waals surface area contributed by atoms with Gasteiger partial charge >= 0.3 is 0 Å². The normalized spacial score (nSPS) is 13.2. The van der Waals surface area contributed by atoms with Crippen molar-refractivity contribution in [2.45, 2.75) is 19.9 Å². The maximum atomic E-state index is 2.36. The molecule has 16 heavy (non-hydrogen) atoms. The van der Waals surface area contributed by atoms with E-state index in [1.54, 1.807) is 0 Å². The lowest BCUT2D eigenvalue weighted by molar-refractivity contribution is 0.277. The lowest BCUT2D eigenvalue weighted by Crippen LogP contribution is -2.21. The van der Waals surface area contributed by atoms with Crippen LogP contribution in [0.4, 0.5) is 0 Å². The zero-order valence-corrected chi connectivity index (χ0v) is 10.3. The van der Waals surface area contributed by atoms with Crippen LogP contribution in [0.3, 0.4) is 0 Å². The van der Waals surface area contributed by atoms with E-state index in [1.807, 2.05) is 0 Å². The summed E-state index contributed by atoms with van der Waals surface area (Å²) >= 11 is 0. The van der Waals surface area contributed by atoms with Crippen LogP contribution < -0.4 is 0 Å². The van der Waals surface area contributed by atoms with E-state index in [-0.39, 0.29) is 0 Å². The van der Waals surface area contributed by atoms with E-state index in [4.69, 9.17) is 0 Å². The summed E-state index contributed by atoms with van der Waals surface area (Å²) < 4.78 is 0. The van der Waals surface area contributed by atoms with Crippen LogP contribution in [-0.2, 0) is 0 Å². The molecule has 0 radical (unpaired) electrons. The number of nitrogens with zero attached hydrogens (tertiary/aromatic N) is 1. The fraction of sp³-hybridized carbons (Fsp3) is 0.333. The highest BCUT2D eigenvalue weighted by Gasteiger charge is 2.12. The Bertz CT molecular complexity index is 470. The highest BCUT2D eigenvalue weighted by molar-refractivity contribution is 5.86. The second kappa shape index (κ2) is 4.67. The molecule has 0 heterocycles. The monoisotopic (exact) mass is 213 g/mol. The molecule has 0 aliphatic carbocycles. The zero-order chi connectivity index (χ0) is 11.5. The van der Waals surface area contributed by atoms with E-state index in [1.165, 1.54) is 16.3 Å². The van der Waals surface area contributed by atoms with Crippen molar-refractivity contribution in [3.05, 3.63) is 48.0 Å². The van der Waals surface area contributed by atoms with E-state index in [0.29, 0.717) is 6.04 Å². The number of hydrogen-bond acceptors (Lipinski definition) is 1. The summed E-state index contributed by atoms with van der Waals surface area (Å²) in [7, 11) is 2.17. The van der Waals surface area contributed by atoms with Gasteiger partial charge < -0.3 is 0 Å². The quantitative estimate of drug-likeness (QED) is 0.748. The smallest absolute Gasteiger partial charge is 0.0322 e. The molecule has 1 heteroatoms. The lowest BCUT2D eigenvalue weighted by atomic mass is 9.99. The average molecular weight is 213 g/mol. The van der Waals surface area contributed by atoms with Gasteiger partial charge in [0.1, 0.15) is 0 Å². The SMILES string of the molecule is CCN(C)[C@@H](C)c1cccc2ccccc12. The summed E-state index contributed by atoms with van der Waals surface area (Å²) in [5.41, 5.74) is 1.42. The Morgan fingerprint density at radius 2 is 1.75 bits per heavy atom. The molecule has 2 rings (SSSR count). The molecule has 1 nitrogen and oxygen atoms in total. The standard InChI is InChI=1S/C15H19N/c1-4-16(3)12(2)14-11-7-9-13-8-5-6-10-15(13)14/h5-12H,4H2,1-3H3/t12-/m0/s1. The Labute approximate surface area is 97.7 Å². The van der Waals surface area contributed by atoms with Crippen molar-refractivity contribution in [1.29, 1.82) is 0 Å². The Kier molecular flexibility index (Phi) is 3.25. The Hall–Kier alpha value is -1.34. The Morgan fingerprint density at radius 3 is 2.50 bits per heavy atom. The van der Waals surface area contributed by atoms with Gasteiger partial charge in [0.2, 0.25) is 0 Å². The Balaban J connectivity index is 2.52. The Morgan fingerprint density at radius 1 is 1.06 bits per heavy atom. The molecular weight excluding hydrogens is 194 g/mol. The summed E-state index contributed by atoms with van der Waals surface area (Å²) in [6, 6.07) is 15.6. The molecule has 0 aromatic heterocycles. The van der Waals surface area contributed by atoms with Gasteiger partial charge in [-0.15, -0.1) is 0 Å². The topological polar surface area (TPSA) is 3.24 Å². The highest BCUT2D eigenvalue weighted by atomic mass is 15.1. The fourth-order valence-corrected chi connectivity index (χ4v) is 2.13. The van der Waals surface area contributed by atoms with Gasteiger partial charge in [-0.1, -0.05) is 49.4 Å². The first kappa shape index (κ1) is 11.2. The molecule has 84 valence electrons. The van der Waals surface area contributed by atoms with Crippen LogP contribution in [0.1, 0.15) is 25.5 Å². The van der Waals surface area contributed by atoms with Crippen LogP contribution in [0.25, 0.3) is 10.8 Å². The zero-order valence-electron chi connectivity index (χ0n) is 10.3. The van der Waals surface area contributed by atoms with Gasteiger partial charge in [0.25, 0.3) is 0 Å². The average Bonchev–Trinajstić information content (AvgIpc) is 2.36. The molecule has 0 amide bonds. The molecule has 0 bridgehead atoms. The van der Waals surface area contributed by atoms with E-state index < -0.39 is 0 Å². The molecule has 0 aliphatic rings. The predicted molar refractivity (Wildman–Crippen MR) is 70.7 cm³/mol. The third-order valence-electron chi connectivity index (χ3n) is 3.43. The van der Waals surface area contributed by atoms with Crippen molar-refractivity contribution in [3.8, 4) is 0 Å². The fourth-order valence-electron chi connectivity index (χ4n) is 2.13. The van der Waals surface area contributed by atoms with Crippen molar-refractivity contribution >= 4 is 10.8 Å². The minimum Gasteiger partial charge on any atom is -0.300 e. The number of rotatable bonds is 3. The first-order valence-corrected chi connectivity index (χ1v) is 5.92. The predicted octanol–water partition coefficient (Wildman–Crippen LogP) is 3.85. The van der Waals surface area contributed by atoms with E-state index in [0.717, 1.165) is 6.54 Å². The van der Waals surface area contributed by atoms with Gasteiger partial charge in [-0.2, -0.15) is 0 Å². The highest BCUT2D eigenvalue weighted by Crippen LogP contribution is 2.26. The lowest BCUT2D eigenvalue weighted by Gasteiger charge is -2.24. The largest absolute Gasteiger partial charge is 0.300 e. The maximum absolute atomic E-state index is 2.36. The van der Waals surface area contributed by atoms with Gasteiger partial charge in [0.05, 0.1) is 0 Å². The number of benzene rings is 2. The van der Waals surface area contributed by atoms with E-state index >= 15 is 0 Å². The van der Waals surface area contributed by atoms with Crippen molar-refractivity contribution in [2.75, 3.05) is 13.6 Å². The third-order valence-corrected chi connectivity index (χ3v) is 3.43. The van der Waals surface area contributed by atoms with E-state index in [2.05, 4.69) is 68.3 Å². The minimum atomic E-state index is 0.469. The molecule has 2 aromatic carbocycles. The summed E-state index contributed by atoms with van der Waals surface area (Å²) in [5.74, 6) is 0. The van der Waals surface area contributed by atoms with Crippen molar-refractivity contribution in [3.63, 3.8) is 0 Å². The van der Waals surface area contributed by atoms with Crippen molar-refractivity contribution < 1.29 is 0 Å². The van der Waals surface area contributed by atoms with Crippen LogP contribution in [0.2, 0.25) is 0 Å². The van der Waals surface area contributed by atoms with Crippen LogP contribution in [0.5, 0.6) is 0 Å². The minimum absolute atomic E-state index is 0.469. The van der Waals surface area contributed by atoms with Gasteiger partial charge in [-0.3, -0.25) is 4.90 Å². The van der Waals surface area contributed by atoms with Crippen LogP contribution >= 0.6 is 0 Å². The maximum Gasteiger partial charge on any atom is 0.0322 e. The molecule has 2 aromatic rings. The van der Waals surface area contributed by atoms with Crippen molar-refractivity contribution in [2.24, 2.45) is 0 Å². The van der Waals surface area contributed by atoms with Crippen molar-refractivity contribution in [1.82, 2.24) is 4.90 Å². The number of hydrogen-bond donors (Lipinski definition) is 0. The molecular formula is C15H19N. The molecule has 0 unspecified atom stereocenters. The van der Waals surface area contributed by atoms with Gasteiger partial charge in [0.15, 0.2) is 0 Å². The third kappa shape index (κ3) is 1.96. The molecule has 1 atom stereocenters. The molecule has 0 saturated carbocycles. The van der Waals surface area contributed by atoms with Crippen LogP contribution in [0, 0.1) is 0 Å². The molecule has 0 spiro atoms. The molecule has 0 N–H and O–H groups in total. The summed E-state index contributed by atoms with van der Waals surface area (Å²) in [6.07, 6.45) is 0. The number of fused-ring (bicyclic) bond motifs is 1. The summed E-state index contributed by atoms with van der Waals surface area (Å²) in [4.78, 5) is 2.36. The van der Waals surface area contributed by atoms with Crippen LogP contribution in [-0.4, -0.2) is 18.5 Å². The van der Waals surface area contributed by atoms with Crippen LogP contribution in [0.15, 0.2) is 42.5 Å². The van der Waals surface area contributed by atoms with Gasteiger partial charge in [0, 0.05) is 6.04 Å². The second-order valence-corrected chi connectivity index (χ2v) is 4.32. The summed E-state index contributed by atoms with van der Waals surface area (Å²) in [6.45, 7) is 5.54. The van der Waals surface area contributed by atoms with Gasteiger partial charge in [-0.05, 0) is 36.9 Å². The second-order valence-electron chi connectivity index (χ2n) is 4.32. The molecule has 0 saturated heterocycles. The molecule has 0 aliphatic heterocycles. The van der Waals surface area contributed by atoms with Gasteiger partial charge in [-0.25, -0.2) is 0 Å². The first-order chi connectivity index (χ1) is 7.74. The first-order valence-electron chi connectivity index (χ1n) is 5.92.